The van der Waals surface area contributed by atoms with Gasteiger partial charge in [-0.1, -0.05) is 24.7 Å². The first-order chi connectivity index (χ1) is 9.20. The second-order valence-corrected chi connectivity index (χ2v) is 4.63. The molecule has 1 aliphatic carbocycles. The molecule has 2 N–H and O–H groups in total. The zero-order valence-electron chi connectivity index (χ0n) is 10.6. The minimum absolute atomic E-state index is 0.00765. The van der Waals surface area contributed by atoms with Gasteiger partial charge in [0.2, 0.25) is 5.91 Å². The van der Waals surface area contributed by atoms with Crippen LogP contribution in [0, 0.1) is 23.6 Å². The molecule has 100 valence electrons. The smallest absolute Gasteiger partial charge is 0.227 e. The molecule has 1 fully saturated rings. The number of amides is 1. The van der Waals surface area contributed by atoms with E-state index in [4.69, 9.17) is 5.11 Å². The number of hydrogen-bond acceptors (Lipinski definition) is 2. The van der Waals surface area contributed by atoms with Gasteiger partial charge < -0.3 is 10.4 Å². The molecule has 19 heavy (non-hydrogen) atoms. The van der Waals surface area contributed by atoms with Crippen molar-refractivity contribution in [1.82, 2.24) is 0 Å². The topological polar surface area (TPSA) is 49.3 Å². The van der Waals surface area contributed by atoms with Crippen molar-refractivity contribution in [2.24, 2.45) is 5.92 Å². The first-order valence-electron chi connectivity index (χ1n) is 6.41. The lowest BCUT2D eigenvalue weighted by Crippen LogP contribution is -2.20. The van der Waals surface area contributed by atoms with Crippen LogP contribution in [0.2, 0.25) is 0 Å². The van der Waals surface area contributed by atoms with Crippen LogP contribution < -0.4 is 5.32 Å². The number of nitrogens with one attached hydrogen (secondary N) is 1. The van der Waals surface area contributed by atoms with E-state index in [0.29, 0.717) is 5.56 Å². The van der Waals surface area contributed by atoms with Crippen molar-refractivity contribution in [2.75, 3.05) is 11.9 Å². The third-order valence-corrected chi connectivity index (χ3v) is 3.26. The second-order valence-electron chi connectivity index (χ2n) is 4.63. The Bertz CT molecular complexity index is 525. The summed E-state index contributed by atoms with van der Waals surface area (Å²) < 4.78 is 13.8. The molecule has 1 amide bonds. The van der Waals surface area contributed by atoms with Crippen LogP contribution in [0.3, 0.4) is 0 Å². The summed E-state index contributed by atoms with van der Waals surface area (Å²) in [6, 6.07) is 4.38. The zero-order chi connectivity index (χ0) is 13.7. The first-order valence-corrected chi connectivity index (χ1v) is 6.41. The number of aliphatic hydroxyl groups is 1. The molecule has 1 aromatic carbocycles. The molecule has 0 radical (unpaired) electrons. The third kappa shape index (κ3) is 3.55. The van der Waals surface area contributed by atoms with E-state index in [9.17, 15) is 9.18 Å². The van der Waals surface area contributed by atoms with Crippen molar-refractivity contribution < 1.29 is 14.3 Å². The fourth-order valence-corrected chi connectivity index (χ4v) is 2.26. The van der Waals surface area contributed by atoms with Gasteiger partial charge in [-0.25, -0.2) is 4.39 Å². The molecule has 0 bridgehead atoms. The van der Waals surface area contributed by atoms with Crippen molar-refractivity contribution in [3.8, 4) is 11.8 Å². The highest BCUT2D eigenvalue weighted by atomic mass is 19.1. The molecule has 0 atom stereocenters. The maximum Gasteiger partial charge on any atom is 0.227 e. The van der Waals surface area contributed by atoms with E-state index < -0.39 is 5.82 Å². The summed E-state index contributed by atoms with van der Waals surface area (Å²) in [5, 5.41) is 11.2. The summed E-state index contributed by atoms with van der Waals surface area (Å²) in [7, 11) is 0. The summed E-state index contributed by atoms with van der Waals surface area (Å²) in [6.07, 6.45) is 3.90. The van der Waals surface area contributed by atoms with Gasteiger partial charge in [0, 0.05) is 11.5 Å². The van der Waals surface area contributed by atoms with Crippen molar-refractivity contribution in [3.63, 3.8) is 0 Å². The molecule has 1 aromatic rings. The van der Waals surface area contributed by atoms with Crippen molar-refractivity contribution in [3.05, 3.63) is 29.6 Å². The molecular formula is C15H16FNO2. The first kappa shape index (κ1) is 13.6. The van der Waals surface area contributed by atoms with Crippen LogP contribution in [0.4, 0.5) is 10.1 Å². The summed E-state index contributed by atoms with van der Waals surface area (Å²) in [5.74, 6) is 4.46. The van der Waals surface area contributed by atoms with E-state index >= 15 is 0 Å². The molecule has 4 heteroatoms. The van der Waals surface area contributed by atoms with Gasteiger partial charge >= 0.3 is 0 Å². The number of benzene rings is 1. The van der Waals surface area contributed by atoms with E-state index in [1.54, 1.807) is 6.07 Å². The average Bonchev–Trinajstić information content (AvgIpc) is 2.93. The maximum absolute atomic E-state index is 13.8. The van der Waals surface area contributed by atoms with Crippen molar-refractivity contribution in [1.29, 1.82) is 0 Å². The van der Waals surface area contributed by atoms with Crippen LogP contribution >= 0.6 is 0 Å². The van der Waals surface area contributed by atoms with E-state index in [-0.39, 0.29) is 24.1 Å². The summed E-state index contributed by atoms with van der Waals surface area (Å²) in [6.45, 7) is -0.262. The highest BCUT2D eigenvalue weighted by molar-refractivity contribution is 5.92. The third-order valence-electron chi connectivity index (χ3n) is 3.26. The Morgan fingerprint density at radius 1 is 1.42 bits per heavy atom. The molecule has 1 saturated carbocycles. The lowest BCUT2D eigenvalue weighted by atomic mass is 10.1. The van der Waals surface area contributed by atoms with Gasteiger partial charge in [0.15, 0.2) is 0 Å². The Kier molecular flexibility index (Phi) is 4.53. The highest BCUT2D eigenvalue weighted by Gasteiger charge is 2.23. The van der Waals surface area contributed by atoms with Crippen LogP contribution in [0.15, 0.2) is 18.2 Å². The van der Waals surface area contributed by atoms with Crippen LogP contribution in [0.1, 0.15) is 31.2 Å². The van der Waals surface area contributed by atoms with Gasteiger partial charge in [-0.05, 0) is 31.0 Å². The predicted octanol–water partition coefficient (Wildman–Crippen LogP) is 2.30. The molecule has 0 aromatic heterocycles. The van der Waals surface area contributed by atoms with Gasteiger partial charge in [0.25, 0.3) is 0 Å². The van der Waals surface area contributed by atoms with E-state index in [2.05, 4.69) is 17.2 Å². The lowest BCUT2D eigenvalue weighted by molar-refractivity contribution is -0.119. The normalized spacial score (nSPS) is 14.8. The number of halogens is 1. The zero-order valence-corrected chi connectivity index (χ0v) is 10.6. The Hall–Kier alpha value is -1.86. The number of carbonyl (C=O) groups is 1. The van der Waals surface area contributed by atoms with E-state index in [1.165, 1.54) is 12.1 Å². The Morgan fingerprint density at radius 2 is 2.16 bits per heavy atom. The fraction of sp³-hybridized carbons (Fsp3) is 0.400. The number of aliphatic hydroxyl groups excluding tert-OH is 1. The quantitative estimate of drug-likeness (QED) is 0.802. The monoisotopic (exact) mass is 261 g/mol. The van der Waals surface area contributed by atoms with Gasteiger partial charge in [0.05, 0.1) is 5.69 Å². The summed E-state index contributed by atoms with van der Waals surface area (Å²) >= 11 is 0. The van der Waals surface area contributed by atoms with E-state index in [0.717, 1.165) is 25.7 Å². The average molecular weight is 261 g/mol. The van der Waals surface area contributed by atoms with Gasteiger partial charge in [-0.3, -0.25) is 4.79 Å². The second kappa shape index (κ2) is 6.35. The van der Waals surface area contributed by atoms with Crippen LogP contribution in [-0.2, 0) is 4.79 Å². The Labute approximate surface area is 111 Å². The lowest BCUT2D eigenvalue weighted by Gasteiger charge is -2.11. The molecule has 2 rings (SSSR count). The Balaban J connectivity index is 2.06. The van der Waals surface area contributed by atoms with Gasteiger partial charge in [-0.15, -0.1) is 0 Å². The largest absolute Gasteiger partial charge is 0.384 e. The fourth-order valence-electron chi connectivity index (χ4n) is 2.26. The summed E-state index contributed by atoms with van der Waals surface area (Å²) in [5.41, 5.74) is 0.664. The summed E-state index contributed by atoms with van der Waals surface area (Å²) in [4.78, 5) is 11.9. The van der Waals surface area contributed by atoms with Gasteiger partial charge in [0.1, 0.15) is 12.4 Å². The number of hydrogen-bond donors (Lipinski definition) is 2. The predicted molar refractivity (Wildman–Crippen MR) is 71.0 cm³/mol. The number of carbonyl (C=O) groups excluding carboxylic acids is 1. The standard InChI is InChI=1S/C15H16FNO2/c16-13-10-11(4-3-9-18)7-8-14(13)17-15(19)12-5-1-2-6-12/h7-8,10,12,18H,1-2,5-6,9H2,(H,17,19). The number of anilines is 1. The minimum atomic E-state index is -0.504. The van der Waals surface area contributed by atoms with Crippen LogP contribution in [0.5, 0.6) is 0 Å². The van der Waals surface area contributed by atoms with Crippen molar-refractivity contribution >= 4 is 11.6 Å². The van der Waals surface area contributed by atoms with Crippen molar-refractivity contribution in [2.45, 2.75) is 25.7 Å². The molecular weight excluding hydrogens is 245 g/mol. The minimum Gasteiger partial charge on any atom is -0.384 e. The molecule has 3 nitrogen and oxygen atoms in total. The molecule has 0 unspecified atom stereocenters. The SMILES string of the molecule is O=C(Nc1ccc(C#CCO)cc1F)C1CCCC1. The molecule has 0 saturated heterocycles. The van der Waals surface area contributed by atoms with Crippen LogP contribution in [0.25, 0.3) is 0 Å². The number of rotatable bonds is 2. The molecule has 0 spiro atoms. The molecule has 0 heterocycles. The molecule has 0 aliphatic heterocycles. The van der Waals surface area contributed by atoms with Crippen LogP contribution in [-0.4, -0.2) is 17.6 Å². The van der Waals surface area contributed by atoms with Gasteiger partial charge in [-0.2, -0.15) is 0 Å². The molecule has 1 aliphatic rings. The Morgan fingerprint density at radius 3 is 2.79 bits per heavy atom. The highest BCUT2D eigenvalue weighted by Crippen LogP contribution is 2.26. The maximum atomic E-state index is 13.8. The van der Waals surface area contributed by atoms with E-state index in [1.807, 2.05) is 0 Å².